The van der Waals surface area contributed by atoms with Crippen LogP contribution in [-0.2, 0) is 4.74 Å². The Hall–Kier alpha value is -1.12. The van der Waals surface area contributed by atoms with Crippen LogP contribution >= 0.6 is 0 Å². The molecule has 4 nitrogen and oxygen atoms in total. The lowest BCUT2D eigenvalue weighted by molar-refractivity contribution is 0.0609. The summed E-state index contributed by atoms with van der Waals surface area (Å²) >= 11 is 0. The summed E-state index contributed by atoms with van der Waals surface area (Å²) in [6.07, 6.45) is 15.3. The van der Waals surface area contributed by atoms with Crippen molar-refractivity contribution >= 4 is 0 Å². The van der Waals surface area contributed by atoms with E-state index < -0.39 is 17.8 Å². The third-order valence-electron chi connectivity index (χ3n) is 7.44. The maximum atomic E-state index is 10.3. The summed E-state index contributed by atoms with van der Waals surface area (Å²) in [6, 6.07) is 0. The van der Waals surface area contributed by atoms with Crippen LogP contribution in [0.4, 0.5) is 0 Å². The molecule has 3 rings (SSSR count). The third kappa shape index (κ3) is 6.44. The molecule has 1 spiro atoms. The van der Waals surface area contributed by atoms with E-state index in [-0.39, 0.29) is 6.10 Å². The predicted molar refractivity (Wildman–Crippen MR) is 120 cm³/mol. The molecule has 0 aromatic carbocycles. The summed E-state index contributed by atoms with van der Waals surface area (Å²) in [7, 11) is 0. The molecule has 0 unspecified atom stereocenters. The summed E-state index contributed by atoms with van der Waals surface area (Å²) in [4.78, 5) is 0. The molecule has 4 heteroatoms. The van der Waals surface area contributed by atoms with Crippen molar-refractivity contribution in [1.29, 1.82) is 0 Å². The molecule has 0 heterocycles. The number of rotatable bonds is 5. The summed E-state index contributed by atoms with van der Waals surface area (Å²) in [5, 5.41) is 30.0. The first-order valence-corrected chi connectivity index (χ1v) is 11.9. The standard InChI is InChI=1S/C26H40O4/c1-3-26(29,4-2)12-6-14-30-24-10-13-25(19-24)11-5-7-20(18-25)8-9-21-15-22(27)17-23(28)16-21/h8-9,22-24,27-29H,3-5,7,10-11,13-19H2,1-2H3/b20-8+/t22-,23-,24+,25+/m1/s1. The maximum Gasteiger partial charge on any atom is 0.125 e. The Balaban J connectivity index is 1.52. The Morgan fingerprint density at radius 3 is 2.50 bits per heavy atom. The smallest absolute Gasteiger partial charge is 0.125 e. The Morgan fingerprint density at radius 1 is 1.10 bits per heavy atom. The number of aliphatic hydroxyl groups excluding tert-OH is 2. The monoisotopic (exact) mass is 416 g/mol. The average Bonchev–Trinajstić information content (AvgIpc) is 3.11. The van der Waals surface area contributed by atoms with Gasteiger partial charge in [0.15, 0.2) is 0 Å². The lowest BCUT2D eigenvalue weighted by Gasteiger charge is -2.35. The number of hydrogen-bond donors (Lipinski definition) is 3. The van der Waals surface area contributed by atoms with E-state index in [1.165, 1.54) is 30.4 Å². The van der Waals surface area contributed by atoms with Gasteiger partial charge in [-0.3, -0.25) is 0 Å². The van der Waals surface area contributed by atoms with Crippen molar-refractivity contribution in [3.05, 3.63) is 23.3 Å². The van der Waals surface area contributed by atoms with Crippen LogP contribution in [0.2, 0.25) is 0 Å². The van der Waals surface area contributed by atoms with Crippen molar-refractivity contribution in [3.63, 3.8) is 0 Å². The van der Waals surface area contributed by atoms with Crippen molar-refractivity contribution in [2.24, 2.45) is 5.41 Å². The second kappa shape index (κ2) is 10.5. The van der Waals surface area contributed by atoms with Gasteiger partial charge in [0.1, 0.15) is 12.2 Å². The fourth-order valence-corrected chi connectivity index (χ4v) is 5.50. The van der Waals surface area contributed by atoms with Gasteiger partial charge >= 0.3 is 0 Å². The van der Waals surface area contributed by atoms with Crippen LogP contribution in [0.3, 0.4) is 0 Å². The third-order valence-corrected chi connectivity index (χ3v) is 7.44. The molecular formula is C26H40O4. The second-order valence-corrected chi connectivity index (χ2v) is 9.85. The molecule has 168 valence electrons. The van der Waals surface area contributed by atoms with Crippen LogP contribution in [0.1, 0.15) is 90.9 Å². The summed E-state index contributed by atoms with van der Waals surface area (Å²) < 4.78 is 6.06. The van der Waals surface area contributed by atoms with E-state index in [1.807, 2.05) is 13.8 Å². The van der Waals surface area contributed by atoms with E-state index >= 15 is 0 Å². The van der Waals surface area contributed by atoms with Gasteiger partial charge in [0.2, 0.25) is 0 Å². The van der Waals surface area contributed by atoms with Gasteiger partial charge in [-0.15, -0.1) is 0 Å². The first-order valence-electron chi connectivity index (χ1n) is 11.9. The second-order valence-electron chi connectivity index (χ2n) is 9.85. The Morgan fingerprint density at radius 2 is 1.80 bits per heavy atom. The zero-order valence-electron chi connectivity index (χ0n) is 18.8. The van der Waals surface area contributed by atoms with Gasteiger partial charge < -0.3 is 20.1 Å². The van der Waals surface area contributed by atoms with Crippen molar-refractivity contribution in [1.82, 2.24) is 0 Å². The largest absolute Gasteiger partial charge is 0.393 e. The molecule has 0 saturated heterocycles. The molecule has 3 aliphatic carbocycles. The highest BCUT2D eigenvalue weighted by molar-refractivity contribution is 5.23. The number of hydrogen-bond acceptors (Lipinski definition) is 4. The van der Waals surface area contributed by atoms with Gasteiger partial charge in [-0.05, 0) is 82.5 Å². The summed E-state index contributed by atoms with van der Waals surface area (Å²) in [6.45, 7) is 4.33. The fraction of sp³-hybridized carbons (Fsp3) is 0.769. The highest BCUT2D eigenvalue weighted by Gasteiger charge is 2.41. The molecular weight excluding hydrogens is 376 g/mol. The van der Waals surface area contributed by atoms with Crippen LogP contribution in [-0.4, -0.2) is 45.8 Å². The van der Waals surface area contributed by atoms with Crippen LogP contribution in [0, 0.1) is 17.3 Å². The molecule has 3 N–H and O–H groups in total. The molecule has 0 bridgehead atoms. The van der Waals surface area contributed by atoms with Gasteiger partial charge in [-0.2, -0.15) is 0 Å². The highest BCUT2D eigenvalue weighted by Crippen LogP contribution is 2.51. The van der Waals surface area contributed by atoms with Crippen LogP contribution in [0.5, 0.6) is 0 Å². The topological polar surface area (TPSA) is 69.9 Å². The van der Waals surface area contributed by atoms with E-state index in [9.17, 15) is 15.3 Å². The van der Waals surface area contributed by atoms with Gasteiger partial charge in [0.05, 0.1) is 18.3 Å². The van der Waals surface area contributed by atoms with Gasteiger partial charge in [0.25, 0.3) is 0 Å². The van der Waals surface area contributed by atoms with Crippen LogP contribution in [0.15, 0.2) is 23.3 Å². The average molecular weight is 417 g/mol. The molecule has 3 aliphatic rings. The molecule has 30 heavy (non-hydrogen) atoms. The van der Waals surface area contributed by atoms with Crippen molar-refractivity contribution in [2.75, 3.05) is 6.61 Å². The molecule has 3 fully saturated rings. The van der Waals surface area contributed by atoms with Gasteiger partial charge in [-0.25, -0.2) is 0 Å². The van der Waals surface area contributed by atoms with Crippen LogP contribution in [0.25, 0.3) is 0 Å². The Bertz CT molecular complexity index is 682. The minimum Gasteiger partial charge on any atom is -0.393 e. The number of ether oxygens (including phenoxy) is 1. The molecule has 0 aromatic rings. The quantitative estimate of drug-likeness (QED) is 0.580. The Kier molecular flexibility index (Phi) is 8.21. The maximum absolute atomic E-state index is 10.3. The molecule has 0 amide bonds. The zero-order chi connectivity index (χ0) is 21.6. The minimum absolute atomic E-state index is 0.275. The highest BCUT2D eigenvalue weighted by atomic mass is 16.5. The van der Waals surface area contributed by atoms with Crippen molar-refractivity contribution < 1.29 is 20.1 Å². The fourth-order valence-electron chi connectivity index (χ4n) is 5.50. The molecule has 0 aromatic heterocycles. The minimum atomic E-state index is -0.873. The summed E-state index contributed by atoms with van der Waals surface area (Å²) in [5.41, 5.74) is 2.15. The van der Waals surface area contributed by atoms with Crippen molar-refractivity contribution in [2.45, 2.75) is 115 Å². The molecule has 3 saturated carbocycles. The van der Waals surface area contributed by atoms with E-state index in [2.05, 4.69) is 24.0 Å². The van der Waals surface area contributed by atoms with Gasteiger partial charge in [0, 0.05) is 0 Å². The molecule has 4 atom stereocenters. The predicted octanol–water partition coefficient (Wildman–Crippen LogP) is 4.43. The van der Waals surface area contributed by atoms with Gasteiger partial charge in [-0.1, -0.05) is 49.0 Å². The molecule has 0 aliphatic heterocycles. The van der Waals surface area contributed by atoms with E-state index in [1.54, 1.807) is 0 Å². The lowest BCUT2D eigenvalue weighted by Crippen LogP contribution is -2.25. The number of aliphatic hydroxyl groups is 3. The first kappa shape index (κ1) is 23.5. The summed E-state index contributed by atoms with van der Waals surface area (Å²) in [5.74, 6) is 6.02. The lowest BCUT2D eigenvalue weighted by atomic mass is 9.70. The van der Waals surface area contributed by atoms with E-state index in [0.717, 1.165) is 25.7 Å². The Labute approximate surface area is 182 Å². The van der Waals surface area contributed by atoms with E-state index in [4.69, 9.17) is 4.74 Å². The van der Waals surface area contributed by atoms with Crippen molar-refractivity contribution in [3.8, 4) is 11.8 Å². The van der Waals surface area contributed by atoms with E-state index in [0.29, 0.717) is 44.1 Å². The SMILES string of the molecule is CCC(O)(C#CCO[C@H]1CC[C@]2(CCC/C(=C\C=C3C[C@@H](O)C[C@H](O)C3)C2)C1)CC. The zero-order valence-corrected chi connectivity index (χ0v) is 18.8. The molecule has 0 radical (unpaired) electrons. The van der Waals surface area contributed by atoms with Crippen LogP contribution < -0.4 is 0 Å². The first-order chi connectivity index (χ1) is 14.4. The normalized spacial score (nSPS) is 33.6. The number of allylic oxidation sites excluding steroid dienone is 3.